The Morgan fingerprint density at radius 2 is 2.13 bits per heavy atom. The minimum atomic E-state index is -0.252. The summed E-state index contributed by atoms with van der Waals surface area (Å²) in [5.41, 5.74) is 2.29. The molecular formula is C24H22FN3O2. The summed E-state index contributed by atoms with van der Waals surface area (Å²) in [5.74, 6) is 0.604. The molecule has 30 heavy (non-hydrogen) atoms. The topological polar surface area (TPSA) is 67.0 Å². The molecule has 0 amide bonds. The van der Waals surface area contributed by atoms with Crippen molar-refractivity contribution in [3.05, 3.63) is 71.8 Å². The van der Waals surface area contributed by atoms with E-state index in [-0.39, 0.29) is 17.6 Å². The van der Waals surface area contributed by atoms with Crippen molar-refractivity contribution >= 4 is 33.3 Å². The van der Waals surface area contributed by atoms with Gasteiger partial charge in [0.25, 0.3) is 0 Å². The second-order valence-electron chi connectivity index (χ2n) is 7.76. The van der Waals surface area contributed by atoms with Gasteiger partial charge >= 0.3 is 0 Å². The Morgan fingerprint density at radius 1 is 1.20 bits per heavy atom. The zero-order chi connectivity index (χ0) is 20.5. The van der Waals surface area contributed by atoms with Crippen molar-refractivity contribution in [3.8, 4) is 0 Å². The van der Waals surface area contributed by atoms with Crippen LogP contribution < -0.4 is 5.32 Å². The second kappa shape index (κ2) is 7.88. The number of fused-ring (bicyclic) bond motifs is 2. The summed E-state index contributed by atoms with van der Waals surface area (Å²) in [6.45, 7) is 1.46. The van der Waals surface area contributed by atoms with Gasteiger partial charge in [-0.3, -0.25) is 4.79 Å². The molecule has 2 aromatic heterocycles. The fraction of sp³-hybridized carbons (Fsp3) is 0.250. The van der Waals surface area contributed by atoms with Crippen molar-refractivity contribution in [1.29, 1.82) is 0 Å². The first-order chi connectivity index (χ1) is 14.7. The molecule has 0 saturated carbocycles. The van der Waals surface area contributed by atoms with Gasteiger partial charge in [-0.15, -0.1) is 0 Å². The van der Waals surface area contributed by atoms with Gasteiger partial charge in [0.1, 0.15) is 11.6 Å². The van der Waals surface area contributed by atoms with Crippen molar-refractivity contribution in [2.75, 3.05) is 18.5 Å². The van der Waals surface area contributed by atoms with Crippen LogP contribution in [0.4, 0.5) is 10.2 Å². The molecule has 1 atom stereocenters. The quantitative estimate of drug-likeness (QED) is 0.451. The van der Waals surface area contributed by atoms with Gasteiger partial charge in [-0.1, -0.05) is 18.2 Å². The van der Waals surface area contributed by atoms with Crippen LogP contribution >= 0.6 is 0 Å². The summed E-state index contributed by atoms with van der Waals surface area (Å²) in [6, 6.07) is 14.7. The average Bonchev–Trinajstić information content (AvgIpc) is 3.42. The number of aryl methyl sites for hydroxylation is 1. The Labute approximate surface area is 173 Å². The number of nitrogens with zero attached hydrogens (tertiary/aromatic N) is 1. The number of ether oxygens (including phenoxy) is 1. The number of nitrogens with one attached hydrogen (secondary N) is 2. The molecular weight excluding hydrogens is 381 g/mol. The predicted molar refractivity (Wildman–Crippen MR) is 115 cm³/mol. The number of halogens is 1. The molecule has 2 aromatic carbocycles. The minimum absolute atomic E-state index is 0.0616. The first-order valence-electron chi connectivity index (χ1n) is 10.2. The fourth-order valence-corrected chi connectivity index (χ4v) is 3.95. The Morgan fingerprint density at radius 3 is 2.97 bits per heavy atom. The highest BCUT2D eigenvalue weighted by molar-refractivity contribution is 6.00. The van der Waals surface area contributed by atoms with E-state index in [4.69, 9.17) is 4.74 Å². The molecule has 5 nitrogen and oxygen atoms in total. The highest BCUT2D eigenvalue weighted by Crippen LogP contribution is 2.23. The molecule has 0 aliphatic carbocycles. The molecule has 0 bridgehead atoms. The van der Waals surface area contributed by atoms with Crippen LogP contribution in [0.5, 0.6) is 0 Å². The molecule has 1 saturated heterocycles. The van der Waals surface area contributed by atoms with Crippen LogP contribution in [0, 0.1) is 5.82 Å². The standard InChI is InChI=1S/C24H22FN3O2/c25-21-2-1-3-22-20(21)12-18(27-22)6-7-23(29)15-4-5-16-13-26-24(11-17(16)10-15)28-19-8-9-30-14-19/h1-5,10-13,19,27H,6-9,14H2,(H,26,28). The Hall–Kier alpha value is -3.25. The van der Waals surface area contributed by atoms with E-state index in [0.717, 1.165) is 40.8 Å². The lowest BCUT2D eigenvalue weighted by atomic mass is 10.0. The third-order valence-electron chi connectivity index (χ3n) is 5.61. The number of carbonyl (C=O) groups is 1. The van der Waals surface area contributed by atoms with Crippen LogP contribution in [0.2, 0.25) is 0 Å². The van der Waals surface area contributed by atoms with Crippen LogP contribution in [0.1, 0.15) is 28.9 Å². The maximum absolute atomic E-state index is 13.9. The lowest BCUT2D eigenvalue weighted by molar-refractivity contribution is 0.0982. The van der Waals surface area contributed by atoms with Gasteiger partial charge in [0.2, 0.25) is 0 Å². The Kier molecular flexibility index (Phi) is 4.93. The van der Waals surface area contributed by atoms with Crippen molar-refractivity contribution < 1.29 is 13.9 Å². The summed E-state index contributed by atoms with van der Waals surface area (Å²) >= 11 is 0. The number of hydrogen-bond acceptors (Lipinski definition) is 4. The van der Waals surface area contributed by atoms with E-state index in [9.17, 15) is 9.18 Å². The Bertz CT molecular complexity index is 1230. The van der Waals surface area contributed by atoms with Crippen LogP contribution in [0.25, 0.3) is 21.7 Å². The molecule has 0 spiro atoms. The van der Waals surface area contributed by atoms with Gasteiger partial charge < -0.3 is 15.0 Å². The maximum atomic E-state index is 13.9. The number of pyridine rings is 1. The predicted octanol–water partition coefficient (Wildman–Crippen LogP) is 4.87. The summed E-state index contributed by atoms with van der Waals surface area (Å²) < 4.78 is 19.3. The van der Waals surface area contributed by atoms with E-state index in [1.807, 2.05) is 36.5 Å². The lowest BCUT2D eigenvalue weighted by Gasteiger charge is -2.12. The molecule has 4 aromatic rings. The molecule has 3 heterocycles. The number of carbonyl (C=O) groups excluding carboxylic acids is 1. The van der Waals surface area contributed by atoms with E-state index in [2.05, 4.69) is 15.3 Å². The SMILES string of the molecule is O=C(CCc1cc2c(F)cccc2[nH]1)c1ccc2cnc(NC3CCOC3)cc2c1. The number of ketones is 1. The number of rotatable bonds is 6. The van der Waals surface area contributed by atoms with Gasteiger partial charge in [-0.25, -0.2) is 9.37 Å². The highest BCUT2D eigenvalue weighted by Gasteiger charge is 2.16. The van der Waals surface area contributed by atoms with Gasteiger partial charge in [-0.2, -0.15) is 0 Å². The normalized spacial score (nSPS) is 16.4. The number of anilines is 1. The summed E-state index contributed by atoms with van der Waals surface area (Å²) in [5, 5.41) is 5.92. The van der Waals surface area contributed by atoms with Crippen LogP contribution in [-0.4, -0.2) is 35.0 Å². The molecule has 0 radical (unpaired) electrons. The van der Waals surface area contributed by atoms with E-state index >= 15 is 0 Å². The minimum Gasteiger partial charge on any atom is -0.379 e. The molecule has 2 N–H and O–H groups in total. The zero-order valence-electron chi connectivity index (χ0n) is 16.5. The van der Waals surface area contributed by atoms with Crippen molar-refractivity contribution in [3.63, 3.8) is 0 Å². The molecule has 1 fully saturated rings. The molecule has 1 unspecified atom stereocenters. The molecule has 5 rings (SSSR count). The number of Topliss-reactive ketones (excluding diaryl/α,β-unsaturated/α-hetero) is 1. The second-order valence-corrected chi connectivity index (χ2v) is 7.76. The highest BCUT2D eigenvalue weighted by atomic mass is 19.1. The summed E-state index contributed by atoms with van der Waals surface area (Å²) in [6.07, 6.45) is 3.68. The number of hydrogen-bond donors (Lipinski definition) is 2. The smallest absolute Gasteiger partial charge is 0.163 e. The molecule has 1 aliphatic heterocycles. The summed E-state index contributed by atoms with van der Waals surface area (Å²) in [7, 11) is 0. The van der Waals surface area contributed by atoms with Crippen LogP contribution in [0.15, 0.2) is 54.7 Å². The Balaban J connectivity index is 1.31. The number of H-pyrrole nitrogens is 1. The average molecular weight is 403 g/mol. The van der Waals surface area contributed by atoms with Gasteiger partial charge in [0, 0.05) is 46.8 Å². The summed E-state index contributed by atoms with van der Waals surface area (Å²) in [4.78, 5) is 20.4. The number of aromatic amines is 1. The molecule has 1 aliphatic rings. The third-order valence-corrected chi connectivity index (χ3v) is 5.61. The van der Waals surface area contributed by atoms with Gasteiger partial charge in [-0.05, 0) is 48.6 Å². The molecule has 152 valence electrons. The van der Waals surface area contributed by atoms with Crippen LogP contribution in [-0.2, 0) is 11.2 Å². The number of benzene rings is 2. The van der Waals surface area contributed by atoms with E-state index < -0.39 is 0 Å². The van der Waals surface area contributed by atoms with Gasteiger partial charge in [0.05, 0.1) is 12.6 Å². The molecule has 6 heteroatoms. The van der Waals surface area contributed by atoms with Crippen LogP contribution in [0.3, 0.4) is 0 Å². The maximum Gasteiger partial charge on any atom is 0.163 e. The van der Waals surface area contributed by atoms with Crippen molar-refractivity contribution in [2.45, 2.75) is 25.3 Å². The van der Waals surface area contributed by atoms with E-state index in [1.165, 1.54) is 6.07 Å². The zero-order valence-corrected chi connectivity index (χ0v) is 16.5. The third kappa shape index (κ3) is 3.78. The first kappa shape index (κ1) is 18.8. The monoisotopic (exact) mass is 403 g/mol. The number of aromatic nitrogens is 2. The van der Waals surface area contributed by atoms with Crippen molar-refractivity contribution in [2.24, 2.45) is 0 Å². The van der Waals surface area contributed by atoms with E-state index in [0.29, 0.717) is 30.4 Å². The fourth-order valence-electron chi connectivity index (χ4n) is 3.95. The van der Waals surface area contributed by atoms with Gasteiger partial charge in [0.15, 0.2) is 5.78 Å². The largest absolute Gasteiger partial charge is 0.379 e. The lowest BCUT2D eigenvalue weighted by Crippen LogP contribution is -2.19. The first-order valence-corrected chi connectivity index (χ1v) is 10.2. The van der Waals surface area contributed by atoms with Crippen molar-refractivity contribution in [1.82, 2.24) is 9.97 Å². The van der Waals surface area contributed by atoms with E-state index in [1.54, 1.807) is 12.1 Å².